The SMILES string of the molecule is O=c1[nH]cnc2c1ncn2C1OC(COP(=O)([O-])[O-])C(O)C1O.[Ba+2]. The third-order valence-corrected chi connectivity index (χ3v) is 3.84. The second-order valence-corrected chi connectivity index (χ2v) is 6.00. The maximum atomic E-state index is 11.6. The average molecular weight is 484 g/mol. The van der Waals surface area contributed by atoms with Crippen LogP contribution in [0, 0.1) is 0 Å². The number of aromatic amines is 1. The average Bonchev–Trinajstić information content (AvgIpc) is 3.01. The largest absolute Gasteiger partial charge is 2.00 e. The predicted molar refractivity (Wildman–Crippen MR) is 73.4 cm³/mol. The van der Waals surface area contributed by atoms with E-state index in [9.17, 15) is 29.4 Å². The van der Waals surface area contributed by atoms with Gasteiger partial charge < -0.3 is 38.8 Å². The Bertz CT molecular complexity index is 821. The Balaban J connectivity index is 0.00000208. The Hall–Kier alpha value is -0.0886. The molecule has 4 atom stereocenters. The molecule has 3 rings (SSSR count). The van der Waals surface area contributed by atoms with Gasteiger partial charge in [0.2, 0.25) is 0 Å². The normalized spacial score (nSPS) is 27.3. The molecule has 1 aliphatic heterocycles. The van der Waals surface area contributed by atoms with Crippen LogP contribution in [0.15, 0.2) is 17.4 Å². The summed E-state index contributed by atoms with van der Waals surface area (Å²) in [6.07, 6.45) is -3.11. The summed E-state index contributed by atoms with van der Waals surface area (Å²) >= 11 is 0. The standard InChI is InChI=1S/C10H13N4O8P.Ba/c15-6-4(1-21-23(18,19)20)22-10(7(6)16)14-3-13-5-8(14)11-2-12-9(5)17;/h2-4,6-7,10,15-16H,1H2,(H,11,12,17)(H2,18,19,20);/q;+2/p-2. The van der Waals surface area contributed by atoms with Crippen LogP contribution in [0.3, 0.4) is 0 Å². The van der Waals surface area contributed by atoms with Gasteiger partial charge in [-0.05, 0) is 0 Å². The Morgan fingerprint density at radius 3 is 2.75 bits per heavy atom. The quantitative estimate of drug-likeness (QED) is 0.288. The van der Waals surface area contributed by atoms with Crippen molar-refractivity contribution in [2.45, 2.75) is 24.5 Å². The van der Waals surface area contributed by atoms with Gasteiger partial charge in [0.25, 0.3) is 5.56 Å². The number of aromatic nitrogens is 4. The zero-order valence-electron chi connectivity index (χ0n) is 12.0. The second-order valence-electron chi connectivity index (χ2n) is 4.84. The Kier molecular flexibility index (Phi) is 6.45. The smallest absolute Gasteiger partial charge is 0.790 e. The van der Waals surface area contributed by atoms with Crippen molar-refractivity contribution < 1.29 is 33.8 Å². The Morgan fingerprint density at radius 1 is 1.38 bits per heavy atom. The number of H-pyrrole nitrogens is 1. The molecule has 2 aromatic rings. The van der Waals surface area contributed by atoms with Crippen LogP contribution >= 0.6 is 7.82 Å². The number of imidazole rings is 1. The number of nitrogens with zero attached hydrogens (tertiary/aromatic N) is 3. The molecule has 0 aromatic carbocycles. The predicted octanol–water partition coefficient (Wildman–Crippen LogP) is -3.80. The van der Waals surface area contributed by atoms with Crippen LogP contribution in [0.4, 0.5) is 0 Å². The van der Waals surface area contributed by atoms with E-state index in [0.29, 0.717) is 0 Å². The number of rotatable bonds is 4. The third kappa shape index (κ3) is 4.01. The van der Waals surface area contributed by atoms with E-state index in [1.165, 1.54) is 10.9 Å². The fourth-order valence-corrected chi connectivity index (χ4v) is 2.64. The molecule has 0 saturated carbocycles. The minimum absolute atomic E-state index is 0. The topological polar surface area (TPSA) is 186 Å². The Labute approximate surface area is 174 Å². The van der Waals surface area contributed by atoms with Crippen molar-refractivity contribution in [3.63, 3.8) is 0 Å². The second kappa shape index (κ2) is 7.65. The van der Waals surface area contributed by atoms with Gasteiger partial charge in [0.1, 0.15) is 18.3 Å². The van der Waals surface area contributed by atoms with Crippen LogP contribution in [-0.2, 0) is 13.8 Å². The molecule has 14 heteroatoms. The van der Waals surface area contributed by atoms with Gasteiger partial charge in [-0.15, -0.1) is 0 Å². The molecule has 0 radical (unpaired) electrons. The molecule has 126 valence electrons. The van der Waals surface area contributed by atoms with Gasteiger partial charge in [-0.25, -0.2) is 9.97 Å². The van der Waals surface area contributed by atoms with Gasteiger partial charge in [0.15, 0.2) is 17.4 Å². The molecule has 0 bridgehead atoms. The summed E-state index contributed by atoms with van der Waals surface area (Å²) in [6, 6.07) is 0. The summed E-state index contributed by atoms with van der Waals surface area (Å²) in [4.78, 5) is 42.6. The van der Waals surface area contributed by atoms with E-state index in [1.54, 1.807) is 0 Å². The maximum Gasteiger partial charge on any atom is 2.00 e. The van der Waals surface area contributed by atoms with Gasteiger partial charge in [0, 0.05) is 0 Å². The summed E-state index contributed by atoms with van der Waals surface area (Å²) in [5.41, 5.74) is -0.397. The molecule has 0 aliphatic carbocycles. The molecule has 1 fully saturated rings. The van der Waals surface area contributed by atoms with Crippen molar-refractivity contribution in [2.75, 3.05) is 6.61 Å². The molecular weight excluding hydrogens is 472 g/mol. The van der Waals surface area contributed by atoms with Crippen molar-refractivity contribution in [2.24, 2.45) is 0 Å². The van der Waals surface area contributed by atoms with Crippen molar-refractivity contribution in [3.05, 3.63) is 23.0 Å². The molecule has 3 heterocycles. The molecular formula is C10H11BaN4O8P. The number of ether oxygens (including phenoxy) is 1. The molecule has 24 heavy (non-hydrogen) atoms. The van der Waals surface area contributed by atoms with Crippen molar-refractivity contribution >= 4 is 67.9 Å². The third-order valence-electron chi connectivity index (χ3n) is 3.37. The number of aliphatic hydroxyl groups excluding tert-OH is 2. The Morgan fingerprint density at radius 2 is 2.08 bits per heavy atom. The zero-order valence-corrected chi connectivity index (χ0v) is 17.3. The molecule has 0 amide bonds. The molecule has 1 saturated heterocycles. The van der Waals surface area contributed by atoms with E-state index in [1.807, 2.05) is 0 Å². The monoisotopic (exact) mass is 484 g/mol. The van der Waals surface area contributed by atoms with Gasteiger partial charge in [-0.3, -0.25) is 9.36 Å². The van der Waals surface area contributed by atoms with Crippen LogP contribution in [0.1, 0.15) is 6.23 Å². The van der Waals surface area contributed by atoms with E-state index in [2.05, 4.69) is 19.5 Å². The van der Waals surface area contributed by atoms with Gasteiger partial charge in [-0.2, -0.15) is 0 Å². The first-order valence-corrected chi connectivity index (χ1v) is 7.82. The van der Waals surface area contributed by atoms with Gasteiger partial charge >= 0.3 is 48.9 Å². The summed E-state index contributed by atoms with van der Waals surface area (Å²) in [7, 11) is -5.24. The maximum absolute atomic E-state index is 11.6. The van der Waals surface area contributed by atoms with E-state index in [0.717, 1.165) is 6.33 Å². The summed E-state index contributed by atoms with van der Waals surface area (Å²) in [6.45, 7) is -0.750. The van der Waals surface area contributed by atoms with Crippen LogP contribution in [0.5, 0.6) is 0 Å². The molecule has 3 N–H and O–H groups in total. The summed E-state index contributed by atoms with van der Waals surface area (Å²) in [5.74, 6) is 0. The van der Waals surface area contributed by atoms with Gasteiger partial charge in [0.05, 0.1) is 27.1 Å². The molecule has 0 spiro atoms. The number of hydrogen-bond donors (Lipinski definition) is 3. The number of phosphoric acid groups is 1. The molecule has 1 aliphatic rings. The van der Waals surface area contributed by atoms with Crippen LogP contribution in [0.2, 0.25) is 0 Å². The number of nitrogens with one attached hydrogen (secondary N) is 1. The van der Waals surface area contributed by atoms with Crippen LogP contribution < -0.4 is 15.3 Å². The van der Waals surface area contributed by atoms with Gasteiger partial charge in [-0.1, -0.05) is 0 Å². The van der Waals surface area contributed by atoms with E-state index < -0.39 is 44.5 Å². The fourth-order valence-electron chi connectivity index (χ4n) is 2.31. The number of hydrogen-bond acceptors (Lipinski definition) is 10. The van der Waals surface area contributed by atoms with Crippen LogP contribution in [0.25, 0.3) is 11.2 Å². The number of aliphatic hydroxyl groups is 2. The first-order chi connectivity index (χ1) is 10.8. The number of phosphoric ester groups is 1. The summed E-state index contributed by atoms with van der Waals surface area (Å²) in [5, 5.41) is 19.9. The first-order valence-electron chi connectivity index (χ1n) is 6.36. The minimum Gasteiger partial charge on any atom is -0.790 e. The number of fused-ring (bicyclic) bond motifs is 1. The zero-order chi connectivity index (χ0) is 16.8. The van der Waals surface area contributed by atoms with E-state index in [-0.39, 0.29) is 60.0 Å². The van der Waals surface area contributed by atoms with Crippen molar-refractivity contribution in [1.29, 1.82) is 0 Å². The van der Waals surface area contributed by atoms with Crippen molar-refractivity contribution in [1.82, 2.24) is 19.5 Å². The van der Waals surface area contributed by atoms with E-state index >= 15 is 0 Å². The minimum atomic E-state index is -5.24. The van der Waals surface area contributed by atoms with Crippen LogP contribution in [-0.4, -0.2) is 104 Å². The molecule has 12 nitrogen and oxygen atoms in total. The van der Waals surface area contributed by atoms with Crippen molar-refractivity contribution in [3.8, 4) is 0 Å². The molecule has 4 unspecified atom stereocenters. The molecule has 2 aromatic heterocycles. The van der Waals surface area contributed by atoms with E-state index in [4.69, 9.17) is 4.74 Å². The fraction of sp³-hybridized carbons (Fsp3) is 0.500. The first kappa shape index (κ1) is 20.2. The summed E-state index contributed by atoms with van der Waals surface area (Å²) < 4.78 is 21.1.